The van der Waals surface area contributed by atoms with Gasteiger partial charge < -0.3 is 10.1 Å². The SMILES string of the molecule is CCNC(CN(CCOC)CC(C)C)C1CCCC1. The van der Waals surface area contributed by atoms with Gasteiger partial charge in [0.1, 0.15) is 0 Å². The molecule has 3 heteroatoms. The Morgan fingerprint density at radius 1 is 1.21 bits per heavy atom. The molecule has 0 aromatic heterocycles. The fourth-order valence-corrected chi connectivity index (χ4v) is 3.27. The van der Waals surface area contributed by atoms with Gasteiger partial charge in [-0.3, -0.25) is 4.90 Å². The van der Waals surface area contributed by atoms with Gasteiger partial charge in [0.2, 0.25) is 0 Å². The monoisotopic (exact) mass is 270 g/mol. The second-order valence-corrected chi connectivity index (χ2v) is 6.35. The number of hydrogen-bond acceptors (Lipinski definition) is 3. The minimum Gasteiger partial charge on any atom is -0.383 e. The first-order valence-electron chi connectivity index (χ1n) is 8.12. The van der Waals surface area contributed by atoms with Crippen molar-refractivity contribution < 1.29 is 4.74 Å². The first kappa shape index (κ1) is 16.9. The number of hydrogen-bond donors (Lipinski definition) is 1. The summed E-state index contributed by atoms with van der Waals surface area (Å²) in [7, 11) is 1.80. The zero-order valence-electron chi connectivity index (χ0n) is 13.5. The van der Waals surface area contributed by atoms with Crippen LogP contribution in [0.2, 0.25) is 0 Å². The van der Waals surface area contributed by atoms with E-state index in [0.717, 1.165) is 31.5 Å². The van der Waals surface area contributed by atoms with Gasteiger partial charge in [0.25, 0.3) is 0 Å². The molecule has 114 valence electrons. The Morgan fingerprint density at radius 3 is 2.42 bits per heavy atom. The highest BCUT2D eigenvalue weighted by atomic mass is 16.5. The van der Waals surface area contributed by atoms with Crippen LogP contribution in [0.1, 0.15) is 46.5 Å². The average Bonchev–Trinajstić information content (AvgIpc) is 2.88. The Hall–Kier alpha value is -0.120. The predicted molar refractivity (Wildman–Crippen MR) is 82.6 cm³/mol. The Kier molecular flexibility index (Phi) is 8.67. The van der Waals surface area contributed by atoms with E-state index in [1.165, 1.54) is 38.8 Å². The molecule has 0 aromatic rings. The van der Waals surface area contributed by atoms with E-state index >= 15 is 0 Å². The number of nitrogens with zero attached hydrogens (tertiary/aromatic N) is 1. The summed E-state index contributed by atoms with van der Waals surface area (Å²) in [6, 6.07) is 0.670. The second kappa shape index (κ2) is 9.73. The zero-order valence-corrected chi connectivity index (χ0v) is 13.5. The summed E-state index contributed by atoms with van der Waals surface area (Å²) in [5.74, 6) is 1.61. The van der Waals surface area contributed by atoms with Crippen LogP contribution < -0.4 is 5.32 Å². The summed E-state index contributed by atoms with van der Waals surface area (Å²) in [5.41, 5.74) is 0. The fourth-order valence-electron chi connectivity index (χ4n) is 3.27. The van der Waals surface area contributed by atoms with Crippen LogP contribution in [0.5, 0.6) is 0 Å². The van der Waals surface area contributed by atoms with Gasteiger partial charge in [-0.25, -0.2) is 0 Å². The summed E-state index contributed by atoms with van der Waals surface area (Å²) in [4.78, 5) is 2.58. The normalized spacial score (nSPS) is 18.6. The molecule has 0 saturated heterocycles. The van der Waals surface area contributed by atoms with Gasteiger partial charge in [-0.1, -0.05) is 33.6 Å². The van der Waals surface area contributed by atoms with E-state index in [0.29, 0.717) is 6.04 Å². The van der Waals surface area contributed by atoms with Crippen molar-refractivity contribution in [1.82, 2.24) is 10.2 Å². The lowest BCUT2D eigenvalue weighted by molar-refractivity contribution is 0.124. The highest BCUT2D eigenvalue weighted by Crippen LogP contribution is 2.28. The van der Waals surface area contributed by atoms with Gasteiger partial charge in [-0.15, -0.1) is 0 Å². The molecule has 0 aliphatic heterocycles. The summed E-state index contributed by atoms with van der Waals surface area (Å²) in [5, 5.41) is 3.72. The van der Waals surface area contributed by atoms with E-state index in [2.05, 4.69) is 31.0 Å². The van der Waals surface area contributed by atoms with Crippen LogP contribution in [0.4, 0.5) is 0 Å². The third-order valence-corrected chi connectivity index (χ3v) is 4.13. The van der Waals surface area contributed by atoms with Gasteiger partial charge in [0.15, 0.2) is 0 Å². The van der Waals surface area contributed by atoms with Gasteiger partial charge in [-0.2, -0.15) is 0 Å². The Balaban J connectivity index is 2.49. The van der Waals surface area contributed by atoms with Gasteiger partial charge in [-0.05, 0) is 31.2 Å². The maximum Gasteiger partial charge on any atom is 0.0589 e. The van der Waals surface area contributed by atoms with Gasteiger partial charge in [0, 0.05) is 32.8 Å². The molecular formula is C16H34N2O. The topological polar surface area (TPSA) is 24.5 Å². The molecule has 0 radical (unpaired) electrons. The van der Waals surface area contributed by atoms with Crippen LogP contribution in [-0.4, -0.2) is 50.8 Å². The minimum atomic E-state index is 0.670. The van der Waals surface area contributed by atoms with Crippen LogP contribution >= 0.6 is 0 Å². The molecule has 1 rings (SSSR count). The van der Waals surface area contributed by atoms with Gasteiger partial charge >= 0.3 is 0 Å². The molecule has 1 aliphatic rings. The maximum atomic E-state index is 5.26. The van der Waals surface area contributed by atoms with Crippen LogP contribution in [0.15, 0.2) is 0 Å². The number of nitrogens with one attached hydrogen (secondary N) is 1. The number of rotatable bonds is 10. The largest absolute Gasteiger partial charge is 0.383 e. The number of likely N-dealkylation sites (N-methyl/N-ethyl adjacent to an activating group) is 1. The minimum absolute atomic E-state index is 0.670. The first-order valence-corrected chi connectivity index (χ1v) is 8.12. The Labute approximate surface area is 120 Å². The lowest BCUT2D eigenvalue weighted by Crippen LogP contribution is -2.46. The molecule has 1 atom stereocenters. The molecule has 1 N–H and O–H groups in total. The first-order chi connectivity index (χ1) is 9.17. The quantitative estimate of drug-likeness (QED) is 0.660. The molecule has 19 heavy (non-hydrogen) atoms. The summed E-state index contributed by atoms with van der Waals surface area (Å²) >= 11 is 0. The molecule has 0 bridgehead atoms. The fraction of sp³-hybridized carbons (Fsp3) is 1.00. The summed E-state index contributed by atoms with van der Waals surface area (Å²) in [6.07, 6.45) is 5.68. The van der Waals surface area contributed by atoms with E-state index in [-0.39, 0.29) is 0 Å². The van der Waals surface area contributed by atoms with Crippen LogP contribution in [0.25, 0.3) is 0 Å². The van der Waals surface area contributed by atoms with Crippen molar-refractivity contribution in [2.24, 2.45) is 11.8 Å². The van der Waals surface area contributed by atoms with Crippen molar-refractivity contribution in [1.29, 1.82) is 0 Å². The van der Waals surface area contributed by atoms with E-state index in [9.17, 15) is 0 Å². The van der Waals surface area contributed by atoms with E-state index in [1.54, 1.807) is 7.11 Å². The van der Waals surface area contributed by atoms with Crippen molar-refractivity contribution in [3.8, 4) is 0 Å². The predicted octanol–water partition coefficient (Wildman–Crippen LogP) is 2.76. The van der Waals surface area contributed by atoms with Crippen molar-refractivity contribution in [3.05, 3.63) is 0 Å². The molecule has 0 spiro atoms. The molecule has 1 unspecified atom stereocenters. The summed E-state index contributed by atoms with van der Waals surface area (Å²) < 4.78 is 5.26. The molecule has 1 saturated carbocycles. The average molecular weight is 270 g/mol. The standard InChI is InChI=1S/C16H34N2O/c1-5-17-16(15-8-6-7-9-15)13-18(10-11-19-4)12-14(2)3/h14-17H,5-13H2,1-4H3. The Morgan fingerprint density at radius 2 is 1.89 bits per heavy atom. The van der Waals surface area contributed by atoms with Crippen LogP contribution in [-0.2, 0) is 4.74 Å². The highest BCUT2D eigenvalue weighted by Gasteiger charge is 2.26. The molecule has 0 amide bonds. The molecule has 0 heterocycles. The number of methoxy groups -OCH3 is 1. The van der Waals surface area contributed by atoms with Crippen LogP contribution in [0.3, 0.4) is 0 Å². The second-order valence-electron chi connectivity index (χ2n) is 6.35. The highest BCUT2D eigenvalue weighted by molar-refractivity contribution is 4.83. The van der Waals surface area contributed by atoms with Gasteiger partial charge in [0.05, 0.1) is 6.61 Å². The molecule has 1 aliphatic carbocycles. The maximum absolute atomic E-state index is 5.26. The lowest BCUT2D eigenvalue weighted by Gasteiger charge is -2.32. The van der Waals surface area contributed by atoms with Crippen molar-refractivity contribution in [2.75, 3.05) is 39.9 Å². The smallest absolute Gasteiger partial charge is 0.0589 e. The lowest BCUT2D eigenvalue weighted by atomic mass is 9.97. The van der Waals surface area contributed by atoms with E-state index in [4.69, 9.17) is 4.74 Å². The van der Waals surface area contributed by atoms with E-state index in [1.807, 2.05) is 0 Å². The number of ether oxygens (including phenoxy) is 1. The van der Waals surface area contributed by atoms with Crippen molar-refractivity contribution in [3.63, 3.8) is 0 Å². The zero-order chi connectivity index (χ0) is 14.1. The third kappa shape index (κ3) is 6.73. The molecule has 0 aromatic carbocycles. The third-order valence-electron chi connectivity index (χ3n) is 4.13. The molecule has 1 fully saturated rings. The van der Waals surface area contributed by atoms with E-state index < -0.39 is 0 Å². The molecular weight excluding hydrogens is 236 g/mol. The van der Waals surface area contributed by atoms with Crippen molar-refractivity contribution >= 4 is 0 Å². The van der Waals surface area contributed by atoms with Crippen LogP contribution in [0, 0.1) is 11.8 Å². The van der Waals surface area contributed by atoms with Crippen molar-refractivity contribution in [2.45, 2.75) is 52.5 Å². The Bertz CT molecular complexity index is 215. The summed E-state index contributed by atoms with van der Waals surface area (Å²) in [6.45, 7) is 12.2. The molecule has 3 nitrogen and oxygen atoms in total.